The maximum Gasteiger partial charge on any atom is 0.416 e. The molecule has 0 aliphatic carbocycles. The second-order valence-electron chi connectivity index (χ2n) is 5.04. The lowest BCUT2D eigenvalue weighted by molar-refractivity contribution is -0.137. The maximum atomic E-state index is 12.9. The van der Waals surface area contributed by atoms with E-state index in [0.29, 0.717) is 0 Å². The van der Waals surface area contributed by atoms with Crippen molar-refractivity contribution in [3.05, 3.63) is 40.3 Å². The first kappa shape index (κ1) is 18.0. The van der Waals surface area contributed by atoms with E-state index < -0.39 is 18.9 Å². The number of nitrogens with one attached hydrogen (secondary N) is 1. The third-order valence-electron chi connectivity index (χ3n) is 2.87. The highest BCUT2D eigenvalue weighted by Crippen LogP contribution is 2.41. The van der Waals surface area contributed by atoms with Crippen LogP contribution in [0.3, 0.4) is 0 Å². The molecule has 0 unspecified atom stereocenters. The van der Waals surface area contributed by atoms with Crippen molar-refractivity contribution < 1.29 is 17.7 Å². The Labute approximate surface area is 140 Å². The van der Waals surface area contributed by atoms with Crippen LogP contribution in [0, 0.1) is 0 Å². The van der Waals surface area contributed by atoms with Gasteiger partial charge in [0.25, 0.3) is 0 Å². The van der Waals surface area contributed by atoms with Crippen molar-refractivity contribution in [1.82, 2.24) is 9.97 Å². The van der Waals surface area contributed by atoms with Gasteiger partial charge in [0.2, 0.25) is 5.28 Å². The minimum atomic E-state index is -4.53. The van der Waals surface area contributed by atoms with Crippen molar-refractivity contribution in [2.45, 2.75) is 6.18 Å². The summed E-state index contributed by atoms with van der Waals surface area (Å²) in [5.74, 6) is 0.0284. The second-order valence-corrected chi connectivity index (χ2v) is 8.97. The molecule has 0 radical (unpaired) electrons. The Morgan fingerprint density at radius 2 is 1.87 bits per heavy atom. The summed E-state index contributed by atoms with van der Waals surface area (Å²) in [5, 5.41) is 2.85. The zero-order chi connectivity index (χ0) is 17.4. The second kappa shape index (κ2) is 6.30. The van der Waals surface area contributed by atoms with Crippen LogP contribution in [-0.2, 0) is 10.7 Å². The van der Waals surface area contributed by atoms with Crippen molar-refractivity contribution in [1.29, 1.82) is 0 Å². The Morgan fingerprint density at radius 3 is 2.43 bits per heavy atom. The number of nitrogens with zero attached hydrogens (tertiary/aromatic N) is 2. The topological polar surface area (TPSA) is 54.9 Å². The largest absolute Gasteiger partial charge is 0.416 e. The summed E-state index contributed by atoms with van der Waals surface area (Å²) >= 11 is 11.6. The SMILES string of the molecule is CP(C)(=O)c1ccc(C(F)(F)F)cc1Nc1nc(Cl)ncc1Cl. The van der Waals surface area contributed by atoms with Gasteiger partial charge in [-0.1, -0.05) is 11.6 Å². The van der Waals surface area contributed by atoms with E-state index in [9.17, 15) is 17.7 Å². The first-order valence-electron chi connectivity index (χ1n) is 6.20. The van der Waals surface area contributed by atoms with Gasteiger partial charge in [0.1, 0.15) is 12.2 Å². The molecule has 0 aliphatic heterocycles. The molecule has 0 atom stereocenters. The Bertz CT molecular complexity index is 793. The van der Waals surface area contributed by atoms with Gasteiger partial charge in [-0.05, 0) is 43.1 Å². The molecule has 0 saturated carbocycles. The average Bonchev–Trinajstić information content (AvgIpc) is 2.40. The lowest BCUT2D eigenvalue weighted by Crippen LogP contribution is -2.14. The molecule has 1 aromatic heterocycles. The molecule has 0 saturated heterocycles. The number of benzene rings is 1. The standard InChI is InChI=1S/C13H11Cl2F3N3OP/c1-23(2,22)10-4-3-7(13(16,17)18)5-9(10)20-11-8(14)6-19-12(15)21-11/h3-6H,1-2H3,(H,19,20,21). The number of halogens is 5. The normalized spacial score (nSPS) is 12.3. The minimum absolute atomic E-state index is 0.00447. The predicted octanol–water partition coefficient (Wildman–Crippen LogP) is 4.79. The Hall–Kier alpha value is -1.30. The van der Waals surface area contributed by atoms with Gasteiger partial charge in [0.05, 0.1) is 17.4 Å². The minimum Gasteiger partial charge on any atom is -0.338 e. The zero-order valence-corrected chi connectivity index (χ0v) is 14.4. The average molecular weight is 384 g/mol. The molecule has 1 heterocycles. The zero-order valence-electron chi connectivity index (χ0n) is 11.9. The molecule has 0 aliphatic rings. The van der Waals surface area contributed by atoms with E-state index in [0.717, 1.165) is 12.1 Å². The van der Waals surface area contributed by atoms with Crippen LogP contribution in [-0.4, -0.2) is 23.3 Å². The predicted molar refractivity (Wildman–Crippen MR) is 85.9 cm³/mol. The highest BCUT2D eigenvalue weighted by Gasteiger charge is 2.32. The van der Waals surface area contributed by atoms with Crippen molar-refractivity contribution in [3.8, 4) is 0 Å². The number of alkyl halides is 3. The van der Waals surface area contributed by atoms with E-state index in [4.69, 9.17) is 23.2 Å². The third-order valence-corrected chi connectivity index (χ3v) is 4.88. The highest BCUT2D eigenvalue weighted by atomic mass is 35.5. The van der Waals surface area contributed by atoms with Crippen molar-refractivity contribution >= 4 is 47.2 Å². The van der Waals surface area contributed by atoms with E-state index >= 15 is 0 Å². The van der Waals surface area contributed by atoms with Gasteiger partial charge in [0, 0.05) is 5.30 Å². The van der Waals surface area contributed by atoms with Gasteiger partial charge >= 0.3 is 6.18 Å². The fourth-order valence-electron chi connectivity index (χ4n) is 1.84. The molecule has 0 fully saturated rings. The smallest absolute Gasteiger partial charge is 0.338 e. The van der Waals surface area contributed by atoms with Gasteiger partial charge in [-0.15, -0.1) is 0 Å². The summed E-state index contributed by atoms with van der Waals surface area (Å²) in [6.07, 6.45) is -3.32. The van der Waals surface area contributed by atoms with Crippen LogP contribution in [0.5, 0.6) is 0 Å². The van der Waals surface area contributed by atoms with Crippen LogP contribution in [0.25, 0.3) is 0 Å². The third kappa shape index (κ3) is 4.37. The monoisotopic (exact) mass is 383 g/mol. The van der Waals surface area contributed by atoms with Gasteiger partial charge in [-0.2, -0.15) is 18.2 Å². The van der Waals surface area contributed by atoms with E-state index in [-0.39, 0.29) is 27.1 Å². The molecule has 2 rings (SSSR count). The molecule has 0 bridgehead atoms. The van der Waals surface area contributed by atoms with Gasteiger partial charge in [-0.25, -0.2) is 4.98 Å². The van der Waals surface area contributed by atoms with Gasteiger partial charge in [-0.3, -0.25) is 0 Å². The number of aromatic nitrogens is 2. The van der Waals surface area contributed by atoms with E-state index in [1.807, 2.05) is 0 Å². The van der Waals surface area contributed by atoms with Gasteiger partial charge in [0.15, 0.2) is 5.82 Å². The van der Waals surface area contributed by atoms with Crippen LogP contribution < -0.4 is 10.6 Å². The van der Waals surface area contributed by atoms with Gasteiger partial charge < -0.3 is 9.88 Å². The first-order chi connectivity index (χ1) is 10.5. The van der Waals surface area contributed by atoms with Crippen LogP contribution in [0.2, 0.25) is 10.3 Å². The highest BCUT2D eigenvalue weighted by molar-refractivity contribution is 7.70. The summed E-state index contributed by atoms with van der Waals surface area (Å²) in [7, 11) is -2.84. The summed E-state index contributed by atoms with van der Waals surface area (Å²) in [4.78, 5) is 7.48. The number of hydrogen-bond acceptors (Lipinski definition) is 4. The summed E-state index contributed by atoms with van der Waals surface area (Å²) in [6, 6.07) is 2.93. The molecule has 1 N–H and O–H groups in total. The number of rotatable bonds is 3. The Kier molecular flexibility index (Phi) is 4.95. The van der Waals surface area contributed by atoms with Crippen molar-refractivity contribution in [3.63, 3.8) is 0 Å². The quantitative estimate of drug-likeness (QED) is 0.611. The molecule has 2 aromatic rings. The van der Waals surface area contributed by atoms with Crippen LogP contribution >= 0.6 is 30.3 Å². The summed E-state index contributed by atoms with van der Waals surface area (Å²) in [6.45, 7) is 2.91. The molecule has 10 heteroatoms. The molecule has 23 heavy (non-hydrogen) atoms. The van der Waals surface area contributed by atoms with Crippen LogP contribution in [0.15, 0.2) is 24.4 Å². The van der Waals surface area contributed by atoms with E-state index in [2.05, 4.69) is 15.3 Å². The maximum absolute atomic E-state index is 12.9. The molecular formula is C13H11Cl2F3N3OP. The molecular weight excluding hydrogens is 373 g/mol. The lowest BCUT2D eigenvalue weighted by Gasteiger charge is -2.17. The molecule has 4 nitrogen and oxygen atoms in total. The summed E-state index contributed by atoms with van der Waals surface area (Å²) < 4.78 is 51.1. The lowest BCUT2D eigenvalue weighted by atomic mass is 10.2. The van der Waals surface area contributed by atoms with Crippen LogP contribution in [0.4, 0.5) is 24.7 Å². The Balaban J connectivity index is 2.58. The fourth-order valence-corrected chi connectivity index (χ4v) is 3.25. The van der Waals surface area contributed by atoms with Crippen LogP contribution in [0.1, 0.15) is 5.56 Å². The molecule has 124 valence electrons. The van der Waals surface area contributed by atoms with Crippen molar-refractivity contribution in [2.24, 2.45) is 0 Å². The summed E-state index contributed by atoms with van der Waals surface area (Å²) in [5.41, 5.74) is -0.877. The molecule has 1 aromatic carbocycles. The first-order valence-corrected chi connectivity index (χ1v) is 9.56. The number of anilines is 2. The Morgan fingerprint density at radius 1 is 1.22 bits per heavy atom. The number of hydrogen-bond donors (Lipinski definition) is 1. The molecule has 0 spiro atoms. The van der Waals surface area contributed by atoms with E-state index in [1.54, 1.807) is 0 Å². The van der Waals surface area contributed by atoms with E-state index in [1.165, 1.54) is 25.6 Å². The molecule has 0 amide bonds. The fraction of sp³-hybridized carbons (Fsp3) is 0.231. The van der Waals surface area contributed by atoms with Crippen molar-refractivity contribution in [2.75, 3.05) is 18.6 Å².